The summed E-state index contributed by atoms with van der Waals surface area (Å²) in [6, 6.07) is 8.63. The molecule has 3 N–H and O–H groups in total. The molecule has 6 heteroatoms. The molecular formula is C15H15N3O2S. The molecular weight excluding hydrogens is 286 g/mol. The Bertz CT molecular complexity index is 914. The largest absolute Gasteiger partial charge is 0.346 e. The van der Waals surface area contributed by atoms with Crippen LogP contribution in [0.15, 0.2) is 47.6 Å². The fourth-order valence-electron chi connectivity index (χ4n) is 2.45. The van der Waals surface area contributed by atoms with E-state index < -0.39 is 10.0 Å². The molecule has 0 atom stereocenters. The van der Waals surface area contributed by atoms with Crippen LogP contribution in [0, 0.1) is 0 Å². The predicted molar refractivity (Wildman–Crippen MR) is 82.3 cm³/mol. The average Bonchev–Trinajstić information content (AvgIpc) is 2.88. The highest BCUT2D eigenvalue weighted by atomic mass is 32.2. The van der Waals surface area contributed by atoms with Gasteiger partial charge in [0.05, 0.1) is 4.90 Å². The Kier molecular flexibility index (Phi) is 3.27. The zero-order chi connectivity index (χ0) is 15.0. The van der Waals surface area contributed by atoms with Crippen LogP contribution in [0.2, 0.25) is 0 Å². The van der Waals surface area contributed by atoms with E-state index in [2.05, 4.69) is 16.9 Å². The smallest absolute Gasteiger partial charge is 0.238 e. The summed E-state index contributed by atoms with van der Waals surface area (Å²) in [5, 5.41) is 6.29. The van der Waals surface area contributed by atoms with Gasteiger partial charge in [-0.1, -0.05) is 25.1 Å². The van der Waals surface area contributed by atoms with Gasteiger partial charge in [0.2, 0.25) is 10.0 Å². The van der Waals surface area contributed by atoms with E-state index in [9.17, 15) is 8.42 Å². The van der Waals surface area contributed by atoms with Crippen LogP contribution in [0.3, 0.4) is 0 Å². The van der Waals surface area contributed by atoms with E-state index in [1.165, 1.54) is 6.07 Å². The topological polar surface area (TPSA) is 88.8 Å². The second-order valence-corrected chi connectivity index (χ2v) is 6.36. The number of nitrogens with zero attached hydrogens (tertiary/aromatic N) is 1. The Morgan fingerprint density at radius 3 is 2.76 bits per heavy atom. The van der Waals surface area contributed by atoms with Gasteiger partial charge in [-0.2, -0.15) is 0 Å². The number of nitrogens with two attached hydrogens (primary N) is 1. The summed E-state index contributed by atoms with van der Waals surface area (Å²) >= 11 is 0. The van der Waals surface area contributed by atoms with Crippen molar-refractivity contribution in [2.75, 3.05) is 0 Å². The SMILES string of the molecule is CCc1c[nH]c2ncc(-c3ccccc3S(N)(=O)=O)cc12. The molecule has 0 spiro atoms. The van der Waals surface area contributed by atoms with Crippen LogP contribution in [-0.2, 0) is 16.4 Å². The van der Waals surface area contributed by atoms with E-state index in [0.29, 0.717) is 5.56 Å². The van der Waals surface area contributed by atoms with Crippen molar-refractivity contribution < 1.29 is 8.42 Å². The summed E-state index contributed by atoms with van der Waals surface area (Å²) < 4.78 is 23.4. The summed E-state index contributed by atoms with van der Waals surface area (Å²) in [5.74, 6) is 0. The maximum Gasteiger partial charge on any atom is 0.238 e. The molecule has 0 radical (unpaired) electrons. The van der Waals surface area contributed by atoms with Crippen molar-refractivity contribution >= 4 is 21.1 Å². The summed E-state index contributed by atoms with van der Waals surface area (Å²) in [6.45, 7) is 2.06. The number of rotatable bonds is 3. The number of H-pyrrole nitrogens is 1. The normalized spacial score (nSPS) is 11.9. The van der Waals surface area contributed by atoms with Crippen molar-refractivity contribution in [3.8, 4) is 11.1 Å². The van der Waals surface area contributed by atoms with Crippen molar-refractivity contribution in [2.45, 2.75) is 18.2 Å². The number of aryl methyl sites for hydroxylation is 1. The van der Waals surface area contributed by atoms with Gasteiger partial charge in [0, 0.05) is 28.9 Å². The third-order valence-electron chi connectivity index (χ3n) is 3.50. The number of pyridine rings is 1. The first-order chi connectivity index (χ1) is 10.0. The van der Waals surface area contributed by atoms with Gasteiger partial charge in [-0.25, -0.2) is 18.5 Å². The number of aromatic amines is 1. The van der Waals surface area contributed by atoms with Crippen LogP contribution in [0.5, 0.6) is 0 Å². The van der Waals surface area contributed by atoms with Crippen molar-refractivity contribution in [3.05, 3.63) is 48.3 Å². The first kappa shape index (κ1) is 13.8. The van der Waals surface area contributed by atoms with Crippen LogP contribution < -0.4 is 5.14 Å². The molecule has 0 amide bonds. The number of hydrogen-bond acceptors (Lipinski definition) is 3. The molecule has 0 aliphatic rings. The second-order valence-electron chi connectivity index (χ2n) is 4.83. The summed E-state index contributed by atoms with van der Waals surface area (Å²) in [5.41, 5.74) is 3.25. The zero-order valence-electron chi connectivity index (χ0n) is 11.5. The van der Waals surface area contributed by atoms with Crippen LogP contribution in [0.1, 0.15) is 12.5 Å². The number of nitrogens with one attached hydrogen (secondary N) is 1. The minimum Gasteiger partial charge on any atom is -0.346 e. The summed E-state index contributed by atoms with van der Waals surface area (Å²) in [7, 11) is -3.77. The van der Waals surface area contributed by atoms with Gasteiger partial charge >= 0.3 is 0 Å². The summed E-state index contributed by atoms with van der Waals surface area (Å²) in [4.78, 5) is 7.58. The molecule has 5 nitrogen and oxygen atoms in total. The standard InChI is InChI=1S/C15H15N3O2S/c1-2-10-8-17-15-13(10)7-11(9-18-15)12-5-3-4-6-14(12)21(16,19)20/h3-9H,2H2,1H3,(H,17,18)(H2,16,19,20). The van der Waals surface area contributed by atoms with Crippen molar-refractivity contribution in [1.82, 2.24) is 9.97 Å². The minimum absolute atomic E-state index is 0.111. The third kappa shape index (κ3) is 2.43. The molecule has 0 unspecified atom stereocenters. The number of sulfonamides is 1. The predicted octanol–water partition coefficient (Wildman–Crippen LogP) is 2.44. The first-order valence-corrected chi connectivity index (χ1v) is 8.13. The van der Waals surface area contributed by atoms with Gasteiger partial charge in [0.1, 0.15) is 5.65 Å². The Labute approximate surface area is 122 Å². The highest BCUT2D eigenvalue weighted by Crippen LogP contribution is 2.29. The average molecular weight is 301 g/mol. The van der Waals surface area contributed by atoms with Crippen molar-refractivity contribution in [1.29, 1.82) is 0 Å². The van der Waals surface area contributed by atoms with Crippen LogP contribution >= 0.6 is 0 Å². The third-order valence-corrected chi connectivity index (χ3v) is 4.47. The van der Waals surface area contributed by atoms with Gasteiger partial charge in [0.15, 0.2) is 0 Å². The van der Waals surface area contributed by atoms with E-state index in [4.69, 9.17) is 5.14 Å². The van der Waals surface area contributed by atoms with Gasteiger partial charge in [0.25, 0.3) is 0 Å². The minimum atomic E-state index is -3.77. The molecule has 0 fully saturated rings. The highest BCUT2D eigenvalue weighted by Gasteiger charge is 2.15. The Morgan fingerprint density at radius 2 is 2.05 bits per heavy atom. The molecule has 108 valence electrons. The van der Waals surface area contributed by atoms with Crippen LogP contribution in [0.4, 0.5) is 0 Å². The Morgan fingerprint density at radius 1 is 1.29 bits per heavy atom. The highest BCUT2D eigenvalue weighted by molar-refractivity contribution is 7.89. The first-order valence-electron chi connectivity index (χ1n) is 6.59. The molecule has 2 aromatic heterocycles. The molecule has 3 aromatic rings. The molecule has 0 bridgehead atoms. The molecule has 21 heavy (non-hydrogen) atoms. The lowest BCUT2D eigenvalue weighted by Gasteiger charge is -2.07. The zero-order valence-corrected chi connectivity index (χ0v) is 12.3. The van der Waals surface area contributed by atoms with E-state index in [0.717, 1.165) is 28.6 Å². The van der Waals surface area contributed by atoms with E-state index in [-0.39, 0.29) is 4.90 Å². The molecule has 0 saturated heterocycles. The fraction of sp³-hybridized carbons (Fsp3) is 0.133. The monoisotopic (exact) mass is 301 g/mol. The summed E-state index contributed by atoms with van der Waals surface area (Å²) in [6.07, 6.45) is 4.46. The van der Waals surface area contributed by atoms with E-state index in [1.807, 2.05) is 12.3 Å². The van der Waals surface area contributed by atoms with E-state index >= 15 is 0 Å². The Hall–Kier alpha value is -2.18. The van der Waals surface area contributed by atoms with Crippen molar-refractivity contribution in [2.24, 2.45) is 5.14 Å². The molecule has 0 aliphatic heterocycles. The van der Waals surface area contributed by atoms with Gasteiger partial charge in [-0.15, -0.1) is 0 Å². The lowest BCUT2D eigenvalue weighted by molar-refractivity contribution is 0.598. The fourth-order valence-corrected chi connectivity index (χ4v) is 3.21. The van der Waals surface area contributed by atoms with Gasteiger partial charge in [-0.05, 0) is 24.1 Å². The lowest BCUT2D eigenvalue weighted by Crippen LogP contribution is -2.13. The maximum atomic E-state index is 11.7. The second kappa shape index (κ2) is 4.98. The van der Waals surface area contributed by atoms with Crippen LogP contribution in [-0.4, -0.2) is 18.4 Å². The van der Waals surface area contributed by atoms with Gasteiger partial charge < -0.3 is 4.98 Å². The van der Waals surface area contributed by atoms with Crippen molar-refractivity contribution in [3.63, 3.8) is 0 Å². The molecule has 1 aromatic carbocycles. The van der Waals surface area contributed by atoms with E-state index in [1.54, 1.807) is 24.4 Å². The maximum absolute atomic E-state index is 11.7. The lowest BCUT2D eigenvalue weighted by atomic mass is 10.1. The molecule has 3 rings (SSSR count). The number of aromatic nitrogens is 2. The number of hydrogen-bond donors (Lipinski definition) is 2. The van der Waals surface area contributed by atoms with Crippen LogP contribution in [0.25, 0.3) is 22.2 Å². The number of fused-ring (bicyclic) bond motifs is 1. The molecule has 2 heterocycles. The number of primary sulfonamides is 1. The number of benzene rings is 1. The molecule has 0 saturated carbocycles. The quantitative estimate of drug-likeness (QED) is 0.778. The molecule has 0 aliphatic carbocycles. The van der Waals surface area contributed by atoms with Gasteiger partial charge in [-0.3, -0.25) is 0 Å². The Balaban J connectivity index is 2.26.